The van der Waals surface area contributed by atoms with Crippen LogP contribution in [0.15, 0.2) is 36.9 Å². The Labute approximate surface area is 106 Å². The molecule has 1 amide bonds. The summed E-state index contributed by atoms with van der Waals surface area (Å²) in [7, 11) is 0. The highest BCUT2D eigenvalue weighted by atomic mass is 35.5. The summed E-state index contributed by atoms with van der Waals surface area (Å²) < 4.78 is 4.81. The normalized spacial score (nSPS) is 11.6. The Morgan fingerprint density at radius 2 is 2.41 bits per heavy atom. The van der Waals surface area contributed by atoms with Gasteiger partial charge in [0, 0.05) is 11.6 Å². The van der Waals surface area contributed by atoms with Gasteiger partial charge >= 0.3 is 6.09 Å². The van der Waals surface area contributed by atoms with E-state index >= 15 is 0 Å². The highest BCUT2D eigenvalue weighted by Crippen LogP contribution is 2.18. The Bertz CT molecular complexity index is 393. The van der Waals surface area contributed by atoms with Crippen molar-refractivity contribution in [2.45, 2.75) is 12.8 Å². The number of hydrogen-bond donors (Lipinski definition) is 1. The molecule has 0 aromatic heterocycles. The van der Waals surface area contributed by atoms with Crippen LogP contribution in [0.25, 0.3) is 0 Å². The Kier molecular flexibility index (Phi) is 5.57. The lowest BCUT2D eigenvalue weighted by atomic mass is 10.0. The fourth-order valence-corrected chi connectivity index (χ4v) is 1.55. The van der Waals surface area contributed by atoms with Gasteiger partial charge < -0.3 is 10.1 Å². The molecule has 1 aromatic carbocycles. The average Bonchev–Trinajstić information content (AvgIpc) is 2.33. The standard InChI is InChI=1S/C13H16ClNO2/c1-3-7-17-13(16)15-9-10(2)11-5-4-6-12(14)8-11/h3-6,8,10H,1,7,9H2,2H3,(H,15,16). The van der Waals surface area contributed by atoms with Gasteiger partial charge in [-0.25, -0.2) is 4.79 Å². The lowest BCUT2D eigenvalue weighted by molar-refractivity contribution is 0.158. The van der Waals surface area contributed by atoms with E-state index in [-0.39, 0.29) is 12.5 Å². The van der Waals surface area contributed by atoms with Crippen molar-refractivity contribution in [3.8, 4) is 0 Å². The van der Waals surface area contributed by atoms with Crippen LogP contribution in [-0.4, -0.2) is 19.2 Å². The monoisotopic (exact) mass is 253 g/mol. The maximum absolute atomic E-state index is 11.2. The van der Waals surface area contributed by atoms with Gasteiger partial charge in [0.2, 0.25) is 0 Å². The van der Waals surface area contributed by atoms with Crippen molar-refractivity contribution in [1.29, 1.82) is 0 Å². The summed E-state index contributed by atoms with van der Waals surface area (Å²) in [4.78, 5) is 11.2. The molecule has 1 unspecified atom stereocenters. The summed E-state index contributed by atoms with van der Waals surface area (Å²) in [5.74, 6) is 0.185. The maximum Gasteiger partial charge on any atom is 0.407 e. The number of alkyl carbamates (subject to hydrolysis) is 1. The van der Waals surface area contributed by atoms with Crippen molar-refractivity contribution in [1.82, 2.24) is 5.32 Å². The zero-order valence-corrected chi connectivity index (χ0v) is 10.5. The Balaban J connectivity index is 2.41. The third kappa shape index (κ3) is 4.91. The van der Waals surface area contributed by atoms with E-state index in [1.54, 1.807) is 0 Å². The number of rotatable bonds is 5. The topological polar surface area (TPSA) is 38.3 Å². The van der Waals surface area contributed by atoms with Gasteiger partial charge in [-0.15, -0.1) is 0 Å². The second kappa shape index (κ2) is 6.97. The van der Waals surface area contributed by atoms with Crippen LogP contribution in [0, 0.1) is 0 Å². The lowest BCUT2D eigenvalue weighted by Gasteiger charge is -2.13. The van der Waals surface area contributed by atoms with Crippen LogP contribution in [0.3, 0.4) is 0 Å². The fourth-order valence-electron chi connectivity index (χ4n) is 1.35. The first-order valence-corrected chi connectivity index (χ1v) is 5.78. The molecule has 0 aliphatic carbocycles. The van der Waals surface area contributed by atoms with Crippen molar-refractivity contribution < 1.29 is 9.53 Å². The van der Waals surface area contributed by atoms with Crippen molar-refractivity contribution in [2.75, 3.05) is 13.2 Å². The van der Waals surface area contributed by atoms with Gasteiger partial charge in [-0.1, -0.05) is 43.3 Å². The summed E-state index contributed by atoms with van der Waals surface area (Å²) in [5.41, 5.74) is 1.08. The van der Waals surface area contributed by atoms with E-state index in [1.807, 2.05) is 31.2 Å². The molecule has 92 valence electrons. The molecule has 3 nitrogen and oxygen atoms in total. The number of hydrogen-bond acceptors (Lipinski definition) is 2. The van der Waals surface area contributed by atoms with Gasteiger partial charge in [-0.05, 0) is 23.6 Å². The molecular formula is C13H16ClNO2. The van der Waals surface area contributed by atoms with E-state index in [1.165, 1.54) is 6.08 Å². The molecule has 4 heteroatoms. The number of amides is 1. The number of benzene rings is 1. The number of carbonyl (C=O) groups is 1. The Morgan fingerprint density at radius 1 is 1.65 bits per heavy atom. The van der Waals surface area contributed by atoms with Crippen molar-refractivity contribution >= 4 is 17.7 Å². The number of carbonyl (C=O) groups excluding carboxylic acids is 1. The van der Waals surface area contributed by atoms with Crippen LogP contribution >= 0.6 is 11.6 Å². The molecule has 1 aromatic rings. The molecule has 0 aliphatic heterocycles. The first kappa shape index (κ1) is 13.6. The van der Waals surface area contributed by atoms with Gasteiger partial charge in [0.05, 0.1) is 0 Å². The zero-order chi connectivity index (χ0) is 12.7. The maximum atomic E-state index is 11.2. The van der Waals surface area contributed by atoms with Crippen LogP contribution in [0.1, 0.15) is 18.4 Å². The molecule has 0 radical (unpaired) electrons. The molecule has 0 aliphatic rings. The number of halogens is 1. The molecule has 17 heavy (non-hydrogen) atoms. The highest BCUT2D eigenvalue weighted by Gasteiger charge is 2.08. The first-order valence-electron chi connectivity index (χ1n) is 5.40. The predicted molar refractivity (Wildman–Crippen MR) is 69.4 cm³/mol. The van der Waals surface area contributed by atoms with Gasteiger partial charge in [0.15, 0.2) is 0 Å². The van der Waals surface area contributed by atoms with E-state index in [9.17, 15) is 4.79 Å². The molecule has 1 rings (SSSR count). The number of ether oxygens (including phenoxy) is 1. The summed E-state index contributed by atoms with van der Waals surface area (Å²) in [5, 5.41) is 3.38. The van der Waals surface area contributed by atoms with Crippen LogP contribution in [0.5, 0.6) is 0 Å². The molecule has 0 heterocycles. The SMILES string of the molecule is C=CCOC(=O)NCC(C)c1cccc(Cl)c1. The summed E-state index contributed by atoms with van der Waals surface area (Å²) in [6.07, 6.45) is 1.10. The molecular weight excluding hydrogens is 238 g/mol. The average molecular weight is 254 g/mol. The van der Waals surface area contributed by atoms with E-state index in [2.05, 4.69) is 11.9 Å². The molecule has 0 saturated heterocycles. The minimum atomic E-state index is -0.432. The molecule has 0 fully saturated rings. The van der Waals surface area contributed by atoms with Crippen molar-refractivity contribution in [2.24, 2.45) is 0 Å². The second-order valence-corrected chi connectivity index (χ2v) is 4.16. The minimum Gasteiger partial charge on any atom is -0.445 e. The van der Waals surface area contributed by atoms with E-state index in [0.717, 1.165) is 5.56 Å². The van der Waals surface area contributed by atoms with Crippen LogP contribution in [0.4, 0.5) is 4.79 Å². The second-order valence-electron chi connectivity index (χ2n) is 3.72. The van der Waals surface area contributed by atoms with Gasteiger partial charge in [0.1, 0.15) is 6.61 Å². The first-order chi connectivity index (χ1) is 8.13. The zero-order valence-electron chi connectivity index (χ0n) is 9.78. The van der Waals surface area contributed by atoms with Crippen LogP contribution in [0.2, 0.25) is 5.02 Å². The van der Waals surface area contributed by atoms with Crippen LogP contribution < -0.4 is 5.32 Å². The minimum absolute atomic E-state index is 0.185. The lowest BCUT2D eigenvalue weighted by Crippen LogP contribution is -2.28. The van der Waals surface area contributed by atoms with Gasteiger partial charge in [-0.2, -0.15) is 0 Å². The van der Waals surface area contributed by atoms with Gasteiger partial charge in [0.25, 0.3) is 0 Å². The molecule has 0 bridgehead atoms. The van der Waals surface area contributed by atoms with Gasteiger partial charge in [-0.3, -0.25) is 0 Å². The van der Waals surface area contributed by atoms with E-state index < -0.39 is 6.09 Å². The number of nitrogens with one attached hydrogen (secondary N) is 1. The van der Waals surface area contributed by atoms with Crippen LogP contribution in [-0.2, 0) is 4.74 Å². The quantitative estimate of drug-likeness (QED) is 0.818. The third-order valence-electron chi connectivity index (χ3n) is 2.30. The molecule has 1 atom stereocenters. The largest absolute Gasteiger partial charge is 0.445 e. The van der Waals surface area contributed by atoms with E-state index in [4.69, 9.17) is 16.3 Å². The van der Waals surface area contributed by atoms with Crippen molar-refractivity contribution in [3.63, 3.8) is 0 Å². The summed E-state index contributed by atoms with van der Waals surface area (Å²) >= 11 is 5.90. The third-order valence-corrected chi connectivity index (χ3v) is 2.54. The smallest absolute Gasteiger partial charge is 0.407 e. The summed E-state index contributed by atoms with van der Waals surface area (Å²) in [6.45, 7) is 6.21. The fraction of sp³-hybridized carbons (Fsp3) is 0.308. The Hall–Kier alpha value is -1.48. The predicted octanol–water partition coefficient (Wildman–Crippen LogP) is 3.36. The van der Waals surface area contributed by atoms with Crippen molar-refractivity contribution in [3.05, 3.63) is 47.5 Å². The molecule has 0 spiro atoms. The highest BCUT2D eigenvalue weighted by molar-refractivity contribution is 6.30. The molecule has 1 N–H and O–H groups in total. The Morgan fingerprint density at radius 3 is 3.06 bits per heavy atom. The van der Waals surface area contributed by atoms with E-state index in [0.29, 0.717) is 11.6 Å². The molecule has 0 saturated carbocycles. The summed E-state index contributed by atoms with van der Waals surface area (Å²) in [6, 6.07) is 7.59.